The third-order valence-electron chi connectivity index (χ3n) is 3.65. The van der Waals surface area contributed by atoms with Crippen molar-refractivity contribution in [3.05, 3.63) is 29.8 Å². The van der Waals surface area contributed by atoms with Crippen LogP contribution >= 0.6 is 0 Å². The summed E-state index contributed by atoms with van der Waals surface area (Å²) in [6.45, 7) is 6.72. The Bertz CT molecular complexity index is 521. The van der Waals surface area contributed by atoms with Crippen LogP contribution in [0.4, 0.5) is 10.5 Å². The van der Waals surface area contributed by atoms with Crippen molar-refractivity contribution in [2.24, 2.45) is 5.92 Å². The largest absolute Gasteiger partial charge is 0.444 e. The molecule has 0 aromatic heterocycles. The lowest BCUT2D eigenvalue weighted by molar-refractivity contribution is 0.0523. The molecular weight excluding hydrogens is 292 g/mol. The van der Waals surface area contributed by atoms with E-state index in [2.05, 4.69) is 16.7 Å². The highest BCUT2D eigenvalue weighted by Crippen LogP contribution is 2.34. The Morgan fingerprint density at radius 1 is 1.35 bits per heavy atom. The summed E-state index contributed by atoms with van der Waals surface area (Å²) in [5.41, 5.74) is 1.61. The zero-order chi connectivity index (χ0) is 16.9. The molecule has 2 N–H and O–H groups in total. The third kappa shape index (κ3) is 6.48. The molecule has 0 saturated heterocycles. The highest BCUT2D eigenvalue weighted by atomic mass is 16.6. The smallest absolute Gasteiger partial charge is 0.407 e. The van der Waals surface area contributed by atoms with Gasteiger partial charge in [0.2, 0.25) is 0 Å². The number of rotatable bonds is 7. The van der Waals surface area contributed by atoms with Gasteiger partial charge in [-0.1, -0.05) is 12.1 Å². The highest BCUT2D eigenvalue weighted by Gasteiger charge is 2.31. The Morgan fingerprint density at radius 2 is 2.09 bits per heavy atom. The van der Waals surface area contributed by atoms with Crippen LogP contribution in [0.2, 0.25) is 0 Å². The number of amides is 1. The van der Waals surface area contributed by atoms with E-state index in [0.29, 0.717) is 25.1 Å². The van der Waals surface area contributed by atoms with Crippen LogP contribution in [0.25, 0.3) is 0 Å². The SMILES string of the molecule is COCC(Nc1cccc(CNC(=O)OC(C)(C)C)c1)C1CC1. The van der Waals surface area contributed by atoms with Gasteiger partial charge in [-0.25, -0.2) is 4.79 Å². The van der Waals surface area contributed by atoms with Gasteiger partial charge in [0.25, 0.3) is 0 Å². The van der Waals surface area contributed by atoms with E-state index in [1.54, 1.807) is 7.11 Å². The summed E-state index contributed by atoms with van der Waals surface area (Å²) < 4.78 is 10.5. The van der Waals surface area contributed by atoms with Crippen molar-refractivity contribution in [2.45, 2.75) is 51.8 Å². The van der Waals surface area contributed by atoms with E-state index in [9.17, 15) is 4.79 Å². The lowest BCUT2D eigenvalue weighted by atomic mass is 10.1. The summed E-state index contributed by atoms with van der Waals surface area (Å²) in [7, 11) is 1.73. The topological polar surface area (TPSA) is 59.6 Å². The first kappa shape index (κ1) is 17.6. The normalized spacial score (nSPS) is 15.8. The second kappa shape index (κ2) is 7.68. The fourth-order valence-electron chi connectivity index (χ4n) is 2.45. The number of carbonyl (C=O) groups excluding carboxylic acids is 1. The second-order valence-electron chi connectivity index (χ2n) is 7.10. The monoisotopic (exact) mass is 320 g/mol. The standard InChI is InChI=1S/C18H28N2O3/c1-18(2,3)23-17(21)19-11-13-6-5-7-15(10-13)20-16(12-22-4)14-8-9-14/h5-7,10,14,16,20H,8-9,11-12H2,1-4H3,(H,19,21). The number of ether oxygens (including phenoxy) is 2. The van der Waals surface area contributed by atoms with E-state index in [4.69, 9.17) is 9.47 Å². The number of carbonyl (C=O) groups is 1. The maximum Gasteiger partial charge on any atom is 0.407 e. The molecule has 1 aromatic rings. The van der Waals surface area contributed by atoms with Crippen LogP contribution in [-0.4, -0.2) is 31.5 Å². The number of benzene rings is 1. The van der Waals surface area contributed by atoms with Gasteiger partial charge in [0, 0.05) is 19.3 Å². The lowest BCUT2D eigenvalue weighted by Gasteiger charge is -2.20. The highest BCUT2D eigenvalue weighted by molar-refractivity contribution is 5.67. The zero-order valence-electron chi connectivity index (χ0n) is 14.5. The number of methoxy groups -OCH3 is 1. The first-order valence-corrected chi connectivity index (χ1v) is 8.18. The molecule has 2 rings (SSSR count). The van der Waals surface area contributed by atoms with Gasteiger partial charge in [-0.05, 0) is 57.2 Å². The van der Waals surface area contributed by atoms with Crippen molar-refractivity contribution in [1.29, 1.82) is 0 Å². The maximum absolute atomic E-state index is 11.7. The summed E-state index contributed by atoms with van der Waals surface area (Å²) in [6, 6.07) is 8.44. The molecule has 0 bridgehead atoms. The molecule has 0 spiro atoms. The van der Waals surface area contributed by atoms with Gasteiger partial charge in [-0.15, -0.1) is 0 Å². The summed E-state index contributed by atoms with van der Waals surface area (Å²) in [5.74, 6) is 0.707. The molecule has 1 aromatic carbocycles. The van der Waals surface area contributed by atoms with Gasteiger partial charge in [-0.3, -0.25) is 0 Å². The fraction of sp³-hybridized carbons (Fsp3) is 0.611. The van der Waals surface area contributed by atoms with E-state index in [1.807, 2.05) is 39.0 Å². The van der Waals surface area contributed by atoms with Crippen molar-refractivity contribution in [2.75, 3.05) is 19.0 Å². The Labute approximate surface area is 138 Å². The molecule has 1 unspecified atom stereocenters. The van der Waals surface area contributed by atoms with Crippen LogP contribution in [-0.2, 0) is 16.0 Å². The molecule has 5 nitrogen and oxygen atoms in total. The van der Waals surface area contributed by atoms with E-state index >= 15 is 0 Å². The number of alkyl carbamates (subject to hydrolysis) is 1. The number of hydrogen-bond donors (Lipinski definition) is 2. The second-order valence-corrected chi connectivity index (χ2v) is 7.10. The van der Waals surface area contributed by atoms with Crippen molar-refractivity contribution in [3.63, 3.8) is 0 Å². The maximum atomic E-state index is 11.7. The van der Waals surface area contributed by atoms with E-state index < -0.39 is 11.7 Å². The van der Waals surface area contributed by atoms with Crippen LogP contribution in [0.1, 0.15) is 39.2 Å². The third-order valence-corrected chi connectivity index (χ3v) is 3.65. The Hall–Kier alpha value is -1.75. The Kier molecular flexibility index (Phi) is 5.88. The van der Waals surface area contributed by atoms with Crippen LogP contribution in [0.3, 0.4) is 0 Å². The van der Waals surface area contributed by atoms with Crippen molar-refractivity contribution >= 4 is 11.8 Å². The summed E-state index contributed by atoms with van der Waals surface area (Å²) in [6.07, 6.45) is 2.13. The molecule has 1 aliphatic carbocycles. The molecule has 5 heteroatoms. The molecule has 1 atom stereocenters. The van der Waals surface area contributed by atoms with E-state index in [0.717, 1.165) is 11.3 Å². The predicted molar refractivity (Wildman–Crippen MR) is 91.5 cm³/mol. The molecule has 0 radical (unpaired) electrons. The molecule has 1 aliphatic rings. The molecule has 128 valence electrons. The minimum atomic E-state index is -0.481. The minimum absolute atomic E-state index is 0.356. The number of hydrogen-bond acceptors (Lipinski definition) is 4. The van der Waals surface area contributed by atoms with Crippen LogP contribution in [0.5, 0.6) is 0 Å². The van der Waals surface area contributed by atoms with Gasteiger partial charge in [0.15, 0.2) is 0 Å². The summed E-state index contributed by atoms with van der Waals surface area (Å²) >= 11 is 0. The molecule has 23 heavy (non-hydrogen) atoms. The number of anilines is 1. The summed E-state index contributed by atoms with van der Waals surface area (Å²) in [5, 5.41) is 6.32. The van der Waals surface area contributed by atoms with Gasteiger partial charge in [0.05, 0.1) is 12.6 Å². The van der Waals surface area contributed by atoms with E-state index in [1.165, 1.54) is 12.8 Å². The van der Waals surface area contributed by atoms with Gasteiger partial charge < -0.3 is 20.1 Å². The average Bonchev–Trinajstić information content (AvgIpc) is 3.28. The Balaban J connectivity index is 1.87. The minimum Gasteiger partial charge on any atom is -0.444 e. The molecular formula is C18H28N2O3. The average molecular weight is 320 g/mol. The summed E-state index contributed by atoms with van der Waals surface area (Å²) in [4.78, 5) is 11.7. The quantitative estimate of drug-likeness (QED) is 0.806. The van der Waals surface area contributed by atoms with Crippen molar-refractivity contribution in [3.8, 4) is 0 Å². The molecule has 1 amide bonds. The van der Waals surface area contributed by atoms with Crippen LogP contribution < -0.4 is 10.6 Å². The van der Waals surface area contributed by atoms with E-state index in [-0.39, 0.29) is 0 Å². The first-order valence-electron chi connectivity index (χ1n) is 8.18. The zero-order valence-corrected chi connectivity index (χ0v) is 14.5. The molecule has 1 saturated carbocycles. The van der Waals surface area contributed by atoms with Crippen LogP contribution in [0, 0.1) is 5.92 Å². The fourth-order valence-corrected chi connectivity index (χ4v) is 2.45. The van der Waals surface area contributed by atoms with Crippen molar-refractivity contribution in [1.82, 2.24) is 5.32 Å². The Morgan fingerprint density at radius 3 is 2.70 bits per heavy atom. The number of nitrogens with one attached hydrogen (secondary N) is 2. The van der Waals surface area contributed by atoms with Crippen molar-refractivity contribution < 1.29 is 14.3 Å². The lowest BCUT2D eigenvalue weighted by Crippen LogP contribution is -2.32. The molecule has 1 fully saturated rings. The van der Waals surface area contributed by atoms with Gasteiger partial charge >= 0.3 is 6.09 Å². The molecule has 0 heterocycles. The van der Waals surface area contributed by atoms with Crippen LogP contribution in [0.15, 0.2) is 24.3 Å². The predicted octanol–water partition coefficient (Wildman–Crippen LogP) is 3.55. The molecule has 0 aliphatic heterocycles. The first-order chi connectivity index (χ1) is 10.9. The van der Waals surface area contributed by atoms with Gasteiger partial charge in [0.1, 0.15) is 5.60 Å². The van der Waals surface area contributed by atoms with Gasteiger partial charge in [-0.2, -0.15) is 0 Å².